The van der Waals surface area contributed by atoms with E-state index in [0.29, 0.717) is 0 Å². The van der Waals surface area contributed by atoms with Gasteiger partial charge in [-0.15, -0.1) is 0 Å². The van der Waals surface area contributed by atoms with Crippen molar-refractivity contribution < 1.29 is 0 Å². The van der Waals surface area contributed by atoms with Gasteiger partial charge in [-0.1, -0.05) is 127 Å². The summed E-state index contributed by atoms with van der Waals surface area (Å²) >= 11 is 0. The van der Waals surface area contributed by atoms with Crippen molar-refractivity contribution in [1.82, 2.24) is 4.57 Å². The molecule has 1 nitrogen and oxygen atoms in total. The molecule has 0 N–H and O–H groups in total. The van der Waals surface area contributed by atoms with Crippen LogP contribution in [-0.4, -0.2) is 4.57 Å². The van der Waals surface area contributed by atoms with Crippen LogP contribution in [0.4, 0.5) is 0 Å². The standard InChI is InChI=1S/C38H31NS/c1-3-13-29(14-4-1)27-40(28-30-15-5-2-6-16-30)34-20-12-18-32(26-34)31-17-11-19-33(25-31)39-37-23-9-7-21-35(37)36-22-8-10-24-38(36)39/h1-26,40H,27-28H2. The number of fused-ring (bicyclic) bond motifs is 3. The minimum absolute atomic E-state index is 0.411. The molecule has 6 aromatic carbocycles. The van der Waals surface area contributed by atoms with E-state index in [1.807, 2.05) is 0 Å². The summed E-state index contributed by atoms with van der Waals surface area (Å²) in [6.45, 7) is 0. The first-order valence-corrected chi connectivity index (χ1v) is 15.6. The molecule has 0 radical (unpaired) electrons. The van der Waals surface area contributed by atoms with E-state index < -0.39 is 10.9 Å². The number of benzene rings is 6. The Morgan fingerprint density at radius 2 is 0.925 bits per heavy atom. The number of aromatic nitrogens is 1. The fourth-order valence-electron chi connectivity index (χ4n) is 5.75. The molecule has 0 amide bonds. The molecule has 0 aliphatic heterocycles. The summed E-state index contributed by atoms with van der Waals surface area (Å²) in [4.78, 5) is 1.45. The Hall–Kier alpha value is -4.53. The van der Waals surface area contributed by atoms with Crippen LogP contribution in [-0.2, 0) is 11.5 Å². The second-order valence-corrected chi connectivity index (χ2v) is 12.5. The van der Waals surface area contributed by atoms with Crippen molar-refractivity contribution >= 4 is 32.7 Å². The van der Waals surface area contributed by atoms with Gasteiger partial charge in [0, 0.05) is 28.0 Å². The van der Waals surface area contributed by atoms with Gasteiger partial charge in [-0.05, 0) is 57.5 Å². The average Bonchev–Trinajstić information content (AvgIpc) is 3.36. The van der Waals surface area contributed by atoms with E-state index in [1.54, 1.807) is 0 Å². The number of thiol groups is 1. The van der Waals surface area contributed by atoms with E-state index in [4.69, 9.17) is 0 Å². The van der Waals surface area contributed by atoms with Gasteiger partial charge >= 0.3 is 0 Å². The molecule has 194 valence electrons. The maximum absolute atomic E-state index is 2.43. The number of hydrogen-bond donors (Lipinski definition) is 1. The number of nitrogens with zero attached hydrogens (tertiary/aromatic N) is 1. The molecule has 0 unspecified atom stereocenters. The van der Waals surface area contributed by atoms with Gasteiger partial charge in [0.2, 0.25) is 0 Å². The average molecular weight is 534 g/mol. The second kappa shape index (κ2) is 10.9. The lowest BCUT2D eigenvalue weighted by Crippen LogP contribution is -1.96. The summed E-state index contributed by atoms with van der Waals surface area (Å²) < 4.78 is 2.40. The maximum atomic E-state index is 2.43. The highest BCUT2D eigenvalue weighted by Gasteiger charge is 2.14. The molecule has 0 spiro atoms. The van der Waals surface area contributed by atoms with Crippen LogP contribution in [0.25, 0.3) is 38.6 Å². The molecule has 1 aromatic heterocycles. The molecule has 40 heavy (non-hydrogen) atoms. The molecular formula is C38H31NS. The highest BCUT2D eigenvalue weighted by molar-refractivity contribution is 8.15. The Bertz CT molecular complexity index is 1810. The lowest BCUT2D eigenvalue weighted by molar-refractivity contribution is 1.18. The fourth-order valence-corrected chi connectivity index (χ4v) is 8.15. The summed E-state index contributed by atoms with van der Waals surface area (Å²) in [5, 5.41) is 2.58. The predicted octanol–water partition coefficient (Wildman–Crippen LogP) is 10.2. The van der Waals surface area contributed by atoms with Crippen LogP contribution in [0.15, 0.2) is 163 Å². The van der Waals surface area contributed by atoms with Crippen LogP contribution < -0.4 is 0 Å². The van der Waals surface area contributed by atoms with E-state index in [2.05, 4.69) is 162 Å². The van der Waals surface area contributed by atoms with Crippen molar-refractivity contribution in [3.8, 4) is 16.8 Å². The summed E-state index contributed by atoms with van der Waals surface area (Å²) in [6.07, 6.45) is 0. The first kappa shape index (κ1) is 24.5. The third-order valence-electron chi connectivity index (χ3n) is 7.66. The number of hydrogen-bond acceptors (Lipinski definition) is 0. The minimum atomic E-state index is -0.411. The first-order chi connectivity index (χ1) is 19.8. The van der Waals surface area contributed by atoms with Gasteiger partial charge in [-0.3, -0.25) is 0 Å². The summed E-state index contributed by atoms with van der Waals surface area (Å²) in [6, 6.07) is 57.6. The van der Waals surface area contributed by atoms with E-state index in [-0.39, 0.29) is 0 Å². The summed E-state index contributed by atoms with van der Waals surface area (Å²) in [5.41, 5.74) is 9.00. The molecule has 0 atom stereocenters. The van der Waals surface area contributed by atoms with Crippen LogP contribution in [0.1, 0.15) is 11.1 Å². The lowest BCUT2D eigenvalue weighted by atomic mass is 10.1. The molecule has 7 aromatic rings. The third-order valence-corrected chi connectivity index (χ3v) is 10.2. The van der Waals surface area contributed by atoms with Gasteiger partial charge < -0.3 is 4.57 Å². The maximum Gasteiger partial charge on any atom is 0.0541 e. The van der Waals surface area contributed by atoms with Crippen LogP contribution in [0.3, 0.4) is 0 Å². The van der Waals surface area contributed by atoms with E-state index >= 15 is 0 Å². The normalized spacial score (nSPS) is 11.7. The zero-order chi connectivity index (χ0) is 26.7. The van der Waals surface area contributed by atoms with Gasteiger partial charge in [0.15, 0.2) is 0 Å². The highest BCUT2D eigenvalue weighted by Crippen LogP contribution is 2.44. The quantitative estimate of drug-likeness (QED) is 0.195. The summed E-state index contributed by atoms with van der Waals surface area (Å²) in [7, 11) is -0.411. The van der Waals surface area contributed by atoms with Crippen molar-refractivity contribution in [2.45, 2.75) is 16.4 Å². The Kier molecular flexibility index (Phi) is 6.69. The molecule has 2 heteroatoms. The van der Waals surface area contributed by atoms with Crippen molar-refractivity contribution in [2.24, 2.45) is 0 Å². The zero-order valence-corrected chi connectivity index (χ0v) is 23.2. The summed E-state index contributed by atoms with van der Waals surface area (Å²) in [5.74, 6) is 2.16. The zero-order valence-electron chi connectivity index (χ0n) is 22.3. The molecular weight excluding hydrogens is 502 g/mol. The van der Waals surface area contributed by atoms with Crippen molar-refractivity contribution in [2.75, 3.05) is 0 Å². The van der Waals surface area contributed by atoms with Crippen molar-refractivity contribution in [3.05, 3.63) is 169 Å². The smallest absolute Gasteiger partial charge is 0.0541 e. The van der Waals surface area contributed by atoms with Crippen molar-refractivity contribution in [3.63, 3.8) is 0 Å². The van der Waals surface area contributed by atoms with E-state index in [1.165, 1.54) is 54.6 Å². The SMILES string of the molecule is c1ccc(C[SH](Cc2ccccc2)c2cccc(-c3cccc(-n4c5ccccc5c5ccccc54)c3)c2)cc1. The first-order valence-electron chi connectivity index (χ1n) is 13.9. The van der Waals surface area contributed by atoms with Gasteiger partial charge in [0.25, 0.3) is 0 Å². The minimum Gasteiger partial charge on any atom is -0.309 e. The molecule has 0 aliphatic rings. The van der Waals surface area contributed by atoms with Gasteiger partial charge in [-0.2, -0.15) is 0 Å². The molecule has 0 fully saturated rings. The highest BCUT2D eigenvalue weighted by atomic mass is 32.2. The monoisotopic (exact) mass is 533 g/mol. The second-order valence-electron chi connectivity index (χ2n) is 10.3. The molecule has 0 saturated carbocycles. The molecule has 1 heterocycles. The Balaban J connectivity index is 1.29. The van der Waals surface area contributed by atoms with Crippen LogP contribution >= 0.6 is 10.9 Å². The fraction of sp³-hybridized carbons (Fsp3) is 0.0526. The molecule has 0 bridgehead atoms. The predicted molar refractivity (Wildman–Crippen MR) is 174 cm³/mol. The van der Waals surface area contributed by atoms with Crippen LogP contribution in [0.5, 0.6) is 0 Å². The van der Waals surface area contributed by atoms with E-state index in [9.17, 15) is 0 Å². The van der Waals surface area contributed by atoms with Gasteiger partial charge in [0.05, 0.1) is 11.0 Å². The Labute approximate surface area is 238 Å². The third kappa shape index (κ3) is 4.83. The van der Waals surface area contributed by atoms with E-state index in [0.717, 1.165) is 11.5 Å². The molecule has 7 rings (SSSR count). The number of rotatable bonds is 7. The van der Waals surface area contributed by atoms with Crippen molar-refractivity contribution in [1.29, 1.82) is 0 Å². The topological polar surface area (TPSA) is 4.93 Å². The van der Waals surface area contributed by atoms with Crippen LogP contribution in [0, 0.1) is 0 Å². The molecule has 0 saturated heterocycles. The number of para-hydroxylation sites is 2. The van der Waals surface area contributed by atoms with Crippen LogP contribution in [0.2, 0.25) is 0 Å². The largest absolute Gasteiger partial charge is 0.309 e. The van der Waals surface area contributed by atoms with Gasteiger partial charge in [-0.25, -0.2) is 10.9 Å². The van der Waals surface area contributed by atoms with Gasteiger partial charge in [0.1, 0.15) is 0 Å². The Morgan fingerprint density at radius 3 is 1.52 bits per heavy atom. The molecule has 0 aliphatic carbocycles. The Morgan fingerprint density at radius 1 is 0.425 bits per heavy atom. The lowest BCUT2D eigenvalue weighted by Gasteiger charge is -2.23.